The molecule has 0 saturated heterocycles. The zero-order chi connectivity index (χ0) is 14.9. The molecule has 0 aliphatic rings. The van der Waals surface area contributed by atoms with Crippen molar-refractivity contribution in [1.82, 2.24) is 0 Å². The summed E-state index contributed by atoms with van der Waals surface area (Å²) in [5, 5.41) is 12.7. The third kappa shape index (κ3) is 5.53. The van der Waals surface area contributed by atoms with Crippen molar-refractivity contribution in [1.29, 1.82) is 0 Å². The van der Waals surface area contributed by atoms with E-state index < -0.39 is 0 Å². The molecule has 3 heteroatoms. The molecule has 110 valence electrons. The Morgan fingerprint density at radius 1 is 0.727 bits per heavy atom. The Labute approximate surface area is 155 Å². The second kappa shape index (κ2) is 10.5. The van der Waals surface area contributed by atoms with Crippen molar-refractivity contribution < 1.29 is 31.3 Å². The second-order valence-corrected chi connectivity index (χ2v) is 4.67. The van der Waals surface area contributed by atoms with Crippen LogP contribution in [0.5, 0.6) is 0 Å². The van der Waals surface area contributed by atoms with E-state index in [-0.39, 0.29) is 32.3 Å². The maximum Gasteiger partial charge on any atom is 2.00 e. The van der Waals surface area contributed by atoms with Crippen LogP contribution in [0.4, 0.5) is 0 Å². The molecular formula is C19H17ClOZr. The molecule has 0 unspecified atom stereocenters. The molecule has 4 aromatic rings. The molecule has 0 heterocycles. The van der Waals surface area contributed by atoms with Crippen LogP contribution in [0.3, 0.4) is 0 Å². The first-order chi connectivity index (χ1) is 10.3. The minimum atomic E-state index is -0.278. The molecule has 4 rings (SSSR count). The third-order valence-electron chi connectivity index (χ3n) is 3.10. The molecule has 1 N–H and O–H groups in total. The van der Waals surface area contributed by atoms with Gasteiger partial charge in [0.1, 0.15) is 6.07 Å². The van der Waals surface area contributed by atoms with Gasteiger partial charge in [0.05, 0.1) is 0 Å². The molecule has 22 heavy (non-hydrogen) atoms. The van der Waals surface area contributed by atoms with E-state index in [4.69, 9.17) is 5.11 Å². The summed E-state index contributed by atoms with van der Waals surface area (Å²) < 4.78 is 0. The SMILES string of the molecule is OCCl.[Zr+2].c1ccc2[cH-]ccc2c1.c1ccc2[cH-]ccc2c1. The first kappa shape index (κ1) is 18.8. The van der Waals surface area contributed by atoms with Crippen molar-refractivity contribution in [3.05, 3.63) is 84.9 Å². The molecule has 0 aliphatic heterocycles. The van der Waals surface area contributed by atoms with E-state index in [1.165, 1.54) is 21.5 Å². The van der Waals surface area contributed by atoms with Gasteiger partial charge in [-0.25, -0.2) is 0 Å². The molecule has 0 amide bonds. The van der Waals surface area contributed by atoms with Crippen LogP contribution in [0.25, 0.3) is 21.5 Å². The first-order valence-corrected chi connectivity index (χ1v) is 7.26. The van der Waals surface area contributed by atoms with Gasteiger partial charge >= 0.3 is 26.2 Å². The third-order valence-corrected chi connectivity index (χ3v) is 3.10. The van der Waals surface area contributed by atoms with Gasteiger partial charge in [-0.2, -0.15) is 35.0 Å². The van der Waals surface area contributed by atoms with Gasteiger partial charge in [0.15, 0.2) is 0 Å². The molecule has 1 nitrogen and oxygen atoms in total. The van der Waals surface area contributed by atoms with Crippen molar-refractivity contribution >= 4 is 33.1 Å². The van der Waals surface area contributed by atoms with E-state index in [2.05, 4.69) is 96.5 Å². The smallest absolute Gasteiger partial charge is 0.381 e. The molecule has 0 aliphatic carbocycles. The van der Waals surface area contributed by atoms with Crippen LogP contribution in [-0.2, 0) is 26.2 Å². The summed E-state index contributed by atoms with van der Waals surface area (Å²) in [6.07, 6.45) is 0. The van der Waals surface area contributed by atoms with Crippen LogP contribution in [0, 0.1) is 0 Å². The Bertz CT molecular complexity index is 646. The fraction of sp³-hybridized carbons (Fsp3) is 0.0526. The Morgan fingerprint density at radius 2 is 1.09 bits per heavy atom. The maximum absolute atomic E-state index is 7.33. The molecule has 0 aromatic heterocycles. The number of benzene rings is 2. The quantitative estimate of drug-likeness (QED) is 0.321. The van der Waals surface area contributed by atoms with E-state index in [0.717, 1.165) is 0 Å². The number of aliphatic hydroxyl groups excluding tert-OH is 1. The zero-order valence-electron chi connectivity index (χ0n) is 12.1. The molecule has 0 atom stereocenters. The van der Waals surface area contributed by atoms with E-state index in [0.29, 0.717) is 0 Å². The van der Waals surface area contributed by atoms with Gasteiger partial charge in [-0.1, -0.05) is 23.7 Å². The van der Waals surface area contributed by atoms with Gasteiger partial charge in [-0.3, -0.25) is 0 Å². The Hall–Kier alpha value is -1.21. The number of hydrogen-bond acceptors (Lipinski definition) is 1. The fourth-order valence-corrected chi connectivity index (χ4v) is 2.14. The monoisotopic (exact) mass is 386 g/mol. The predicted molar refractivity (Wildman–Crippen MR) is 92.0 cm³/mol. The van der Waals surface area contributed by atoms with E-state index in [9.17, 15) is 0 Å². The van der Waals surface area contributed by atoms with E-state index in [1.807, 2.05) is 0 Å². The van der Waals surface area contributed by atoms with Gasteiger partial charge in [0, 0.05) is 0 Å². The first-order valence-electron chi connectivity index (χ1n) is 6.73. The fourth-order valence-electron chi connectivity index (χ4n) is 2.14. The molecule has 0 fully saturated rings. The molecule has 0 radical (unpaired) electrons. The minimum Gasteiger partial charge on any atom is -0.381 e. The summed E-state index contributed by atoms with van der Waals surface area (Å²) in [5.74, 6) is 0. The number of aliphatic hydroxyl groups is 1. The van der Waals surface area contributed by atoms with E-state index >= 15 is 0 Å². The van der Waals surface area contributed by atoms with Gasteiger partial charge in [-0.05, 0) is 0 Å². The van der Waals surface area contributed by atoms with Gasteiger partial charge in [0.25, 0.3) is 0 Å². The average Bonchev–Trinajstić information content (AvgIpc) is 3.17. The predicted octanol–water partition coefficient (Wildman–Crippen LogP) is 5.29. The van der Waals surface area contributed by atoms with Crippen LogP contribution in [0.1, 0.15) is 0 Å². The standard InChI is InChI=1S/2C9H7.CH3ClO.Zr/c2*1-2-5-9-7-3-6-8(9)4-1;2-1-3;/h2*1-7H;3H,1H2;/q2*-1;;+2. The molecule has 0 bridgehead atoms. The van der Waals surface area contributed by atoms with Crippen LogP contribution in [-0.4, -0.2) is 11.2 Å². The summed E-state index contributed by atoms with van der Waals surface area (Å²) >= 11 is 4.55. The second-order valence-electron chi connectivity index (χ2n) is 4.43. The van der Waals surface area contributed by atoms with Crippen LogP contribution in [0.15, 0.2) is 84.9 Å². The van der Waals surface area contributed by atoms with Crippen LogP contribution >= 0.6 is 11.6 Å². The molecule has 4 aromatic carbocycles. The summed E-state index contributed by atoms with van der Waals surface area (Å²) in [6, 6.07) is 29.1. The Morgan fingerprint density at radius 3 is 1.45 bits per heavy atom. The van der Waals surface area contributed by atoms with Crippen molar-refractivity contribution in [2.75, 3.05) is 6.07 Å². The zero-order valence-corrected chi connectivity index (χ0v) is 15.3. The molecule has 0 saturated carbocycles. The topological polar surface area (TPSA) is 20.2 Å². The van der Waals surface area contributed by atoms with Crippen LogP contribution in [0.2, 0.25) is 0 Å². The number of rotatable bonds is 0. The number of hydrogen-bond donors (Lipinski definition) is 1. The summed E-state index contributed by atoms with van der Waals surface area (Å²) in [4.78, 5) is 0. The molecule has 0 spiro atoms. The normalized spacial score (nSPS) is 9.18. The largest absolute Gasteiger partial charge is 2.00 e. The summed E-state index contributed by atoms with van der Waals surface area (Å²) in [5.41, 5.74) is 0. The van der Waals surface area contributed by atoms with Gasteiger partial charge < -0.3 is 5.11 Å². The molecular weight excluding hydrogens is 371 g/mol. The van der Waals surface area contributed by atoms with Crippen molar-refractivity contribution in [3.63, 3.8) is 0 Å². The van der Waals surface area contributed by atoms with Crippen molar-refractivity contribution in [2.45, 2.75) is 0 Å². The van der Waals surface area contributed by atoms with Crippen molar-refractivity contribution in [3.8, 4) is 0 Å². The van der Waals surface area contributed by atoms with Gasteiger partial charge in [0.2, 0.25) is 0 Å². The average molecular weight is 388 g/mol. The Balaban J connectivity index is 0.000000181. The van der Waals surface area contributed by atoms with E-state index in [1.54, 1.807) is 0 Å². The minimum absolute atomic E-state index is 0. The van der Waals surface area contributed by atoms with Gasteiger partial charge in [-0.15, -0.1) is 59.3 Å². The number of fused-ring (bicyclic) bond motifs is 2. The van der Waals surface area contributed by atoms with Crippen LogP contribution < -0.4 is 0 Å². The number of alkyl halides is 1. The number of halogens is 1. The Kier molecular flexibility index (Phi) is 9.00. The van der Waals surface area contributed by atoms with Crippen molar-refractivity contribution in [2.24, 2.45) is 0 Å². The maximum atomic E-state index is 7.33. The summed E-state index contributed by atoms with van der Waals surface area (Å²) in [7, 11) is 0. The summed E-state index contributed by atoms with van der Waals surface area (Å²) in [6.45, 7) is 0.